The smallest absolute Gasteiger partial charge is 0.237 e. The Morgan fingerprint density at radius 1 is 1.04 bits per heavy atom. The van der Waals surface area contributed by atoms with Crippen LogP contribution in [0, 0.1) is 5.82 Å². The van der Waals surface area contributed by atoms with Crippen LogP contribution >= 0.6 is 0 Å². The summed E-state index contributed by atoms with van der Waals surface area (Å²) in [5.74, 6) is -0.232. The third-order valence-electron chi connectivity index (χ3n) is 4.53. The SMILES string of the molecule is CCc1ccc(CN(C)C(C)C(=O)NCCc2ccc(F)cc2)cc1. The van der Waals surface area contributed by atoms with E-state index in [-0.39, 0.29) is 17.8 Å². The van der Waals surface area contributed by atoms with Gasteiger partial charge in [-0.3, -0.25) is 9.69 Å². The van der Waals surface area contributed by atoms with E-state index in [0.717, 1.165) is 18.5 Å². The number of aryl methyl sites for hydroxylation is 1. The molecular formula is C21H27FN2O. The van der Waals surface area contributed by atoms with Gasteiger partial charge in [-0.05, 0) is 55.6 Å². The number of rotatable bonds is 8. The first kappa shape index (κ1) is 19.1. The summed E-state index contributed by atoms with van der Waals surface area (Å²) < 4.78 is 12.9. The maximum atomic E-state index is 12.9. The Morgan fingerprint density at radius 3 is 2.20 bits per heavy atom. The van der Waals surface area contributed by atoms with Gasteiger partial charge in [0.15, 0.2) is 0 Å². The summed E-state index contributed by atoms with van der Waals surface area (Å²) in [6, 6.07) is 14.7. The molecule has 0 fully saturated rings. The molecule has 0 bridgehead atoms. The van der Waals surface area contributed by atoms with Gasteiger partial charge in [0, 0.05) is 13.1 Å². The molecule has 0 aliphatic rings. The average molecular weight is 342 g/mol. The van der Waals surface area contributed by atoms with Gasteiger partial charge in [-0.25, -0.2) is 4.39 Å². The normalized spacial score (nSPS) is 12.2. The third kappa shape index (κ3) is 5.98. The van der Waals surface area contributed by atoms with Gasteiger partial charge in [-0.1, -0.05) is 43.3 Å². The van der Waals surface area contributed by atoms with Crippen molar-refractivity contribution in [3.8, 4) is 0 Å². The molecule has 134 valence electrons. The number of nitrogens with zero attached hydrogens (tertiary/aromatic N) is 1. The molecule has 0 aliphatic carbocycles. The fraction of sp³-hybridized carbons (Fsp3) is 0.381. The number of nitrogens with one attached hydrogen (secondary N) is 1. The van der Waals surface area contributed by atoms with E-state index in [1.54, 1.807) is 12.1 Å². The molecule has 0 saturated heterocycles. The molecule has 0 radical (unpaired) electrons. The molecule has 25 heavy (non-hydrogen) atoms. The largest absolute Gasteiger partial charge is 0.354 e. The zero-order chi connectivity index (χ0) is 18.2. The summed E-state index contributed by atoms with van der Waals surface area (Å²) in [6.45, 7) is 5.33. The van der Waals surface area contributed by atoms with Crippen molar-refractivity contribution in [2.75, 3.05) is 13.6 Å². The molecule has 3 nitrogen and oxygen atoms in total. The van der Waals surface area contributed by atoms with Crippen molar-refractivity contribution in [3.05, 3.63) is 71.0 Å². The maximum absolute atomic E-state index is 12.9. The molecule has 0 spiro atoms. The van der Waals surface area contributed by atoms with Crippen molar-refractivity contribution in [2.45, 2.75) is 39.3 Å². The van der Waals surface area contributed by atoms with Crippen LogP contribution < -0.4 is 5.32 Å². The average Bonchev–Trinajstić information content (AvgIpc) is 2.63. The predicted octanol–water partition coefficient (Wildman–Crippen LogP) is 3.57. The van der Waals surface area contributed by atoms with Gasteiger partial charge in [0.1, 0.15) is 5.82 Å². The van der Waals surface area contributed by atoms with Crippen LogP contribution in [0.4, 0.5) is 4.39 Å². The Balaban J connectivity index is 1.78. The second-order valence-corrected chi connectivity index (χ2v) is 6.43. The first-order valence-electron chi connectivity index (χ1n) is 8.79. The minimum Gasteiger partial charge on any atom is -0.354 e. The van der Waals surface area contributed by atoms with Gasteiger partial charge in [0.25, 0.3) is 0 Å². The van der Waals surface area contributed by atoms with Crippen molar-refractivity contribution in [2.24, 2.45) is 0 Å². The topological polar surface area (TPSA) is 32.3 Å². The van der Waals surface area contributed by atoms with Gasteiger partial charge in [-0.15, -0.1) is 0 Å². The second-order valence-electron chi connectivity index (χ2n) is 6.43. The molecule has 1 unspecified atom stereocenters. The first-order chi connectivity index (χ1) is 12.0. The lowest BCUT2D eigenvalue weighted by Gasteiger charge is -2.24. The van der Waals surface area contributed by atoms with Crippen molar-refractivity contribution < 1.29 is 9.18 Å². The van der Waals surface area contributed by atoms with Crippen molar-refractivity contribution in [1.82, 2.24) is 10.2 Å². The highest BCUT2D eigenvalue weighted by Crippen LogP contribution is 2.09. The van der Waals surface area contributed by atoms with E-state index in [4.69, 9.17) is 0 Å². The molecule has 4 heteroatoms. The van der Waals surface area contributed by atoms with Gasteiger partial charge in [-0.2, -0.15) is 0 Å². The van der Waals surface area contributed by atoms with Crippen LogP contribution in [-0.4, -0.2) is 30.4 Å². The molecule has 1 N–H and O–H groups in total. The highest BCUT2D eigenvalue weighted by molar-refractivity contribution is 5.81. The van der Waals surface area contributed by atoms with E-state index in [9.17, 15) is 9.18 Å². The number of carbonyl (C=O) groups excluding carboxylic acids is 1. The lowest BCUT2D eigenvalue weighted by atomic mass is 10.1. The fourth-order valence-electron chi connectivity index (χ4n) is 2.63. The first-order valence-corrected chi connectivity index (χ1v) is 8.79. The van der Waals surface area contributed by atoms with Crippen LogP contribution in [0.5, 0.6) is 0 Å². The van der Waals surface area contributed by atoms with E-state index in [1.165, 1.54) is 23.3 Å². The maximum Gasteiger partial charge on any atom is 0.237 e. The van der Waals surface area contributed by atoms with Crippen molar-refractivity contribution in [1.29, 1.82) is 0 Å². The Kier molecular flexibility index (Phi) is 7.14. The van der Waals surface area contributed by atoms with Gasteiger partial charge >= 0.3 is 0 Å². The zero-order valence-electron chi connectivity index (χ0n) is 15.3. The number of halogens is 1. The predicted molar refractivity (Wildman–Crippen MR) is 99.9 cm³/mol. The van der Waals surface area contributed by atoms with Crippen LogP contribution in [0.25, 0.3) is 0 Å². The van der Waals surface area contributed by atoms with Crippen molar-refractivity contribution >= 4 is 5.91 Å². The van der Waals surface area contributed by atoms with Gasteiger partial charge < -0.3 is 5.32 Å². The molecule has 2 aromatic rings. The van der Waals surface area contributed by atoms with Gasteiger partial charge in [0.2, 0.25) is 5.91 Å². The Bertz CT molecular complexity index is 667. The standard InChI is InChI=1S/C21H27FN2O/c1-4-17-5-7-19(8-6-17)15-24(3)16(2)21(25)23-14-13-18-9-11-20(22)12-10-18/h5-12,16H,4,13-15H2,1-3H3,(H,23,25). The van der Waals surface area contributed by atoms with Crippen LogP contribution in [0.3, 0.4) is 0 Å². The summed E-state index contributed by atoms with van der Waals surface area (Å²) in [7, 11) is 1.96. The summed E-state index contributed by atoms with van der Waals surface area (Å²) >= 11 is 0. The molecule has 0 saturated carbocycles. The number of benzene rings is 2. The van der Waals surface area contributed by atoms with Crippen LogP contribution in [0.1, 0.15) is 30.5 Å². The highest BCUT2D eigenvalue weighted by atomic mass is 19.1. The van der Waals surface area contributed by atoms with Crippen LogP contribution in [0.2, 0.25) is 0 Å². The summed E-state index contributed by atoms with van der Waals surface area (Å²) in [4.78, 5) is 14.3. The Morgan fingerprint density at radius 2 is 1.60 bits per heavy atom. The summed E-state index contributed by atoms with van der Waals surface area (Å²) in [6.07, 6.45) is 1.73. The molecule has 0 aromatic heterocycles. The van der Waals surface area contributed by atoms with E-state index in [2.05, 4.69) is 36.5 Å². The molecular weight excluding hydrogens is 315 g/mol. The second kappa shape index (κ2) is 9.33. The zero-order valence-corrected chi connectivity index (χ0v) is 15.3. The lowest BCUT2D eigenvalue weighted by molar-refractivity contribution is -0.125. The highest BCUT2D eigenvalue weighted by Gasteiger charge is 2.17. The lowest BCUT2D eigenvalue weighted by Crippen LogP contribution is -2.43. The van der Waals surface area contributed by atoms with Gasteiger partial charge in [0.05, 0.1) is 6.04 Å². The molecule has 2 aromatic carbocycles. The molecule has 0 heterocycles. The summed E-state index contributed by atoms with van der Waals surface area (Å²) in [5, 5.41) is 2.96. The number of carbonyl (C=O) groups is 1. The van der Waals surface area contributed by atoms with E-state index in [1.807, 2.05) is 18.9 Å². The third-order valence-corrected chi connectivity index (χ3v) is 4.53. The van der Waals surface area contributed by atoms with Crippen molar-refractivity contribution in [3.63, 3.8) is 0 Å². The molecule has 1 atom stereocenters. The minimum atomic E-state index is -0.241. The Hall–Kier alpha value is -2.20. The fourth-order valence-corrected chi connectivity index (χ4v) is 2.63. The number of amides is 1. The molecule has 2 rings (SSSR count). The van der Waals surface area contributed by atoms with Crippen LogP contribution in [-0.2, 0) is 24.2 Å². The van der Waals surface area contributed by atoms with E-state index >= 15 is 0 Å². The monoisotopic (exact) mass is 342 g/mol. The van der Waals surface area contributed by atoms with E-state index < -0.39 is 0 Å². The number of likely N-dealkylation sites (N-methyl/N-ethyl adjacent to an activating group) is 1. The van der Waals surface area contributed by atoms with E-state index in [0.29, 0.717) is 13.0 Å². The molecule has 0 aliphatic heterocycles. The quantitative estimate of drug-likeness (QED) is 0.795. The number of hydrogen-bond donors (Lipinski definition) is 1. The molecule has 1 amide bonds. The summed E-state index contributed by atoms with van der Waals surface area (Å²) in [5.41, 5.74) is 3.53. The van der Waals surface area contributed by atoms with Crippen LogP contribution in [0.15, 0.2) is 48.5 Å². The minimum absolute atomic E-state index is 0.00906. The number of hydrogen-bond acceptors (Lipinski definition) is 2. The Labute approximate surface area is 149 Å².